The Bertz CT molecular complexity index is 1190. The zero-order valence-electron chi connectivity index (χ0n) is 16.9. The van der Waals surface area contributed by atoms with Gasteiger partial charge in [0.25, 0.3) is 11.7 Å². The SMILES string of the molecule is COc1ccc(C)cc1/C(O)=C1\C(=O)C(=O)N(c2ccc(Br)cc2)C1c1ccncc1. The first-order chi connectivity index (χ1) is 14.9. The number of hydrogen-bond donors (Lipinski definition) is 1. The van der Waals surface area contributed by atoms with Crippen molar-refractivity contribution >= 4 is 39.1 Å². The minimum Gasteiger partial charge on any atom is -0.507 e. The predicted octanol–water partition coefficient (Wildman–Crippen LogP) is 4.79. The maximum atomic E-state index is 13.2. The van der Waals surface area contributed by atoms with Gasteiger partial charge in [0.15, 0.2) is 0 Å². The molecule has 0 spiro atoms. The van der Waals surface area contributed by atoms with Crippen LogP contribution in [0.3, 0.4) is 0 Å². The van der Waals surface area contributed by atoms with Crippen LogP contribution in [-0.2, 0) is 9.59 Å². The first-order valence-electron chi connectivity index (χ1n) is 9.54. The van der Waals surface area contributed by atoms with Crippen molar-refractivity contribution < 1.29 is 19.4 Å². The molecule has 0 aliphatic carbocycles. The molecular formula is C24H19BrN2O4. The minimum atomic E-state index is -0.811. The summed E-state index contributed by atoms with van der Waals surface area (Å²) < 4.78 is 6.23. The Morgan fingerprint density at radius 3 is 2.39 bits per heavy atom. The third kappa shape index (κ3) is 3.72. The van der Waals surface area contributed by atoms with Gasteiger partial charge in [0.2, 0.25) is 0 Å². The first kappa shape index (κ1) is 20.8. The van der Waals surface area contributed by atoms with Gasteiger partial charge in [-0.05, 0) is 61.0 Å². The molecule has 1 saturated heterocycles. The van der Waals surface area contributed by atoms with E-state index in [2.05, 4.69) is 20.9 Å². The molecule has 2 heterocycles. The monoisotopic (exact) mass is 478 g/mol. The number of aliphatic hydroxyl groups excluding tert-OH is 1. The third-order valence-electron chi connectivity index (χ3n) is 5.18. The number of carbonyl (C=O) groups is 2. The van der Waals surface area contributed by atoms with Crippen LogP contribution >= 0.6 is 15.9 Å². The molecule has 7 heteroatoms. The number of ether oxygens (including phenoxy) is 1. The number of amides is 1. The molecule has 31 heavy (non-hydrogen) atoms. The number of anilines is 1. The number of benzene rings is 2. The van der Waals surface area contributed by atoms with Crippen molar-refractivity contribution in [1.29, 1.82) is 0 Å². The fourth-order valence-electron chi connectivity index (χ4n) is 3.71. The highest BCUT2D eigenvalue weighted by Gasteiger charge is 2.47. The van der Waals surface area contributed by atoms with Crippen LogP contribution in [0.25, 0.3) is 5.76 Å². The molecule has 1 aliphatic heterocycles. The van der Waals surface area contributed by atoms with Gasteiger partial charge >= 0.3 is 0 Å². The second kappa shape index (κ2) is 8.35. The summed E-state index contributed by atoms with van der Waals surface area (Å²) >= 11 is 3.39. The second-order valence-electron chi connectivity index (χ2n) is 7.13. The Balaban J connectivity index is 1.97. The van der Waals surface area contributed by atoms with Crippen molar-refractivity contribution in [3.05, 3.63) is 93.7 Å². The lowest BCUT2D eigenvalue weighted by Gasteiger charge is -2.25. The van der Waals surface area contributed by atoms with E-state index in [0.29, 0.717) is 22.6 Å². The quantitative estimate of drug-likeness (QED) is 0.331. The predicted molar refractivity (Wildman–Crippen MR) is 121 cm³/mol. The Labute approximate surface area is 187 Å². The molecule has 1 atom stereocenters. The summed E-state index contributed by atoms with van der Waals surface area (Å²) in [6.45, 7) is 1.87. The number of rotatable bonds is 4. The minimum absolute atomic E-state index is 0.00280. The van der Waals surface area contributed by atoms with E-state index < -0.39 is 17.7 Å². The number of aliphatic hydroxyl groups is 1. The topological polar surface area (TPSA) is 79.7 Å². The number of aromatic nitrogens is 1. The number of aryl methyl sites for hydroxylation is 1. The summed E-state index contributed by atoms with van der Waals surface area (Å²) in [5.41, 5.74) is 2.44. The Hall–Kier alpha value is -3.45. The van der Waals surface area contributed by atoms with Crippen LogP contribution in [-0.4, -0.2) is 28.9 Å². The fourth-order valence-corrected chi connectivity index (χ4v) is 3.98. The molecule has 4 rings (SSSR count). The summed E-state index contributed by atoms with van der Waals surface area (Å²) in [5, 5.41) is 11.3. The van der Waals surface area contributed by atoms with Gasteiger partial charge in [0.1, 0.15) is 11.5 Å². The van der Waals surface area contributed by atoms with Crippen LogP contribution in [0.15, 0.2) is 77.0 Å². The Kier molecular flexibility index (Phi) is 5.61. The summed E-state index contributed by atoms with van der Waals surface area (Å²) in [7, 11) is 1.49. The number of nitrogens with zero attached hydrogens (tertiary/aromatic N) is 2. The van der Waals surface area contributed by atoms with Crippen LogP contribution in [0.4, 0.5) is 5.69 Å². The van der Waals surface area contributed by atoms with Gasteiger partial charge < -0.3 is 9.84 Å². The maximum Gasteiger partial charge on any atom is 0.300 e. The maximum absolute atomic E-state index is 13.2. The number of ketones is 1. The highest BCUT2D eigenvalue weighted by atomic mass is 79.9. The highest BCUT2D eigenvalue weighted by molar-refractivity contribution is 9.10. The van der Waals surface area contributed by atoms with E-state index in [1.807, 2.05) is 13.0 Å². The van der Waals surface area contributed by atoms with Gasteiger partial charge in [-0.1, -0.05) is 27.6 Å². The van der Waals surface area contributed by atoms with Crippen LogP contribution < -0.4 is 9.64 Å². The first-order valence-corrected chi connectivity index (χ1v) is 10.3. The normalized spacial score (nSPS) is 17.8. The molecule has 1 aromatic heterocycles. The zero-order chi connectivity index (χ0) is 22.1. The van der Waals surface area contributed by atoms with Crippen molar-refractivity contribution in [3.63, 3.8) is 0 Å². The number of halogens is 1. The van der Waals surface area contributed by atoms with E-state index in [-0.39, 0.29) is 11.3 Å². The molecule has 2 aromatic carbocycles. The molecule has 6 nitrogen and oxygen atoms in total. The second-order valence-corrected chi connectivity index (χ2v) is 8.05. The Morgan fingerprint density at radius 1 is 1.06 bits per heavy atom. The molecule has 0 radical (unpaired) electrons. The fraction of sp³-hybridized carbons (Fsp3) is 0.125. The summed E-state index contributed by atoms with van der Waals surface area (Å²) in [4.78, 5) is 31.7. The van der Waals surface area contributed by atoms with Crippen molar-refractivity contribution in [2.75, 3.05) is 12.0 Å². The zero-order valence-corrected chi connectivity index (χ0v) is 18.5. The Morgan fingerprint density at radius 2 is 1.74 bits per heavy atom. The smallest absolute Gasteiger partial charge is 0.300 e. The number of methoxy groups -OCH3 is 1. The van der Waals surface area contributed by atoms with E-state index in [1.54, 1.807) is 60.9 Å². The molecule has 1 N–H and O–H groups in total. The van der Waals surface area contributed by atoms with E-state index in [0.717, 1.165) is 10.0 Å². The molecule has 1 amide bonds. The van der Waals surface area contributed by atoms with Crippen molar-refractivity contribution in [2.24, 2.45) is 0 Å². The van der Waals surface area contributed by atoms with E-state index in [4.69, 9.17) is 4.74 Å². The molecule has 0 saturated carbocycles. The lowest BCUT2D eigenvalue weighted by Crippen LogP contribution is -2.29. The van der Waals surface area contributed by atoms with E-state index in [9.17, 15) is 14.7 Å². The van der Waals surface area contributed by atoms with Crippen molar-refractivity contribution in [1.82, 2.24) is 4.98 Å². The average molecular weight is 479 g/mol. The van der Waals surface area contributed by atoms with E-state index in [1.165, 1.54) is 12.0 Å². The summed E-state index contributed by atoms with van der Waals surface area (Å²) in [6, 6.07) is 15.0. The molecule has 1 fully saturated rings. The van der Waals surface area contributed by atoms with Crippen LogP contribution in [0.1, 0.15) is 22.7 Å². The van der Waals surface area contributed by atoms with Gasteiger partial charge in [0, 0.05) is 22.6 Å². The summed E-state index contributed by atoms with van der Waals surface area (Å²) in [6.07, 6.45) is 3.18. The van der Waals surface area contributed by atoms with Gasteiger partial charge in [-0.15, -0.1) is 0 Å². The highest BCUT2D eigenvalue weighted by Crippen LogP contribution is 2.43. The number of pyridine rings is 1. The van der Waals surface area contributed by atoms with Gasteiger partial charge in [0.05, 0.1) is 24.3 Å². The van der Waals surface area contributed by atoms with Crippen molar-refractivity contribution in [3.8, 4) is 5.75 Å². The standard InChI is InChI=1S/C24H19BrN2O4/c1-14-3-8-19(31-2)18(13-14)22(28)20-21(15-9-11-26-12-10-15)27(24(30)23(20)29)17-6-4-16(25)5-7-17/h3-13,21,28H,1-2H3/b22-20+. The van der Waals surface area contributed by atoms with Crippen LogP contribution in [0.2, 0.25) is 0 Å². The van der Waals surface area contributed by atoms with Gasteiger partial charge in [-0.25, -0.2) is 0 Å². The lowest BCUT2D eigenvalue weighted by atomic mass is 9.95. The lowest BCUT2D eigenvalue weighted by molar-refractivity contribution is -0.132. The molecule has 156 valence electrons. The van der Waals surface area contributed by atoms with Gasteiger partial charge in [-0.2, -0.15) is 0 Å². The molecule has 0 bridgehead atoms. The van der Waals surface area contributed by atoms with Crippen LogP contribution in [0.5, 0.6) is 5.75 Å². The summed E-state index contributed by atoms with van der Waals surface area (Å²) in [5.74, 6) is -1.34. The molecule has 1 unspecified atom stereocenters. The molecule has 1 aliphatic rings. The molecular weight excluding hydrogens is 460 g/mol. The number of hydrogen-bond acceptors (Lipinski definition) is 5. The average Bonchev–Trinajstić information content (AvgIpc) is 3.05. The van der Waals surface area contributed by atoms with Crippen LogP contribution in [0, 0.1) is 6.92 Å². The van der Waals surface area contributed by atoms with Crippen molar-refractivity contribution in [2.45, 2.75) is 13.0 Å². The van der Waals surface area contributed by atoms with Gasteiger partial charge in [-0.3, -0.25) is 19.5 Å². The van der Waals surface area contributed by atoms with E-state index >= 15 is 0 Å². The number of Topliss-reactive ketones (excluding diaryl/α,β-unsaturated/α-hetero) is 1. The number of carbonyl (C=O) groups excluding carboxylic acids is 2. The largest absolute Gasteiger partial charge is 0.507 e. The molecule has 3 aromatic rings. The third-order valence-corrected chi connectivity index (χ3v) is 5.71.